The average molecular weight is 406 g/mol. The van der Waals surface area contributed by atoms with Crippen LogP contribution in [0.5, 0.6) is 11.5 Å². The molecule has 1 N–H and O–H groups in total. The summed E-state index contributed by atoms with van der Waals surface area (Å²) in [5, 5.41) is 0. The second kappa shape index (κ2) is 6.99. The zero-order chi connectivity index (χ0) is 16.3. The van der Waals surface area contributed by atoms with Crippen LogP contribution in [0.15, 0.2) is 38.3 Å². The Hall–Kier alpha value is -1.09. The van der Waals surface area contributed by atoms with Gasteiger partial charge in [-0.15, -0.1) is 11.3 Å². The summed E-state index contributed by atoms with van der Waals surface area (Å²) in [7, 11) is -0.486. The molecule has 120 valence electrons. The molecule has 0 radical (unpaired) electrons. The van der Waals surface area contributed by atoms with Crippen molar-refractivity contribution in [3.8, 4) is 11.5 Å². The van der Waals surface area contributed by atoms with E-state index in [0.29, 0.717) is 17.1 Å². The van der Waals surface area contributed by atoms with E-state index in [-0.39, 0.29) is 4.21 Å². The molecule has 1 aromatic carbocycles. The van der Waals surface area contributed by atoms with Crippen molar-refractivity contribution in [2.75, 3.05) is 14.2 Å². The van der Waals surface area contributed by atoms with Crippen molar-refractivity contribution in [1.29, 1.82) is 0 Å². The predicted octanol–water partition coefficient (Wildman–Crippen LogP) is 3.57. The fraction of sp³-hybridized carbons (Fsp3) is 0.286. The van der Waals surface area contributed by atoms with Gasteiger partial charge in [-0.05, 0) is 53.2 Å². The standard InChI is InChI=1S/C14H16BrNO4S2/c1-9(11-8-10(19-2)4-5-12(11)20-3)16-22(17,18)14-7-6-13(15)21-14/h4-9,16H,1-3H3/t9-/m0/s1. The molecule has 8 heteroatoms. The van der Waals surface area contributed by atoms with Crippen molar-refractivity contribution in [2.45, 2.75) is 17.2 Å². The minimum atomic E-state index is -3.59. The number of ether oxygens (including phenoxy) is 2. The van der Waals surface area contributed by atoms with Gasteiger partial charge < -0.3 is 9.47 Å². The van der Waals surface area contributed by atoms with Crippen molar-refractivity contribution in [1.82, 2.24) is 4.72 Å². The Morgan fingerprint density at radius 3 is 2.45 bits per heavy atom. The minimum Gasteiger partial charge on any atom is -0.497 e. The van der Waals surface area contributed by atoms with Crippen molar-refractivity contribution in [3.63, 3.8) is 0 Å². The number of rotatable bonds is 6. The summed E-state index contributed by atoms with van der Waals surface area (Å²) in [6.45, 7) is 1.76. The summed E-state index contributed by atoms with van der Waals surface area (Å²) in [5.74, 6) is 1.24. The van der Waals surface area contributed by atoms with Gasteiger partial charge in [0.05, 0.1) is 18.0 Å². The summed E-state index contributed by atoms with van der Waals surface area (Å²) >= 11 is 4.43. The van der Waals surface area contributed by atoms with E-state index >= 15 is 0 Å². The van der Waals surface area contributed by atoms with Gasteiger partial charge in [0.15, 0.2) is 0 Å². The van der Waals surface area contributed by atoms with Gasteiger partial charge in [0.2, 0.25) is 0 Å². The normalized spacial score (nSPS) is 12.9. The maximum absolute atomic E-state index is 12.4. The molecule has 2 rings (SSSR count). The van der Waals surface area contributed by atoms with E-state index in [9.17, 15) is 8.42 Å². The molecule has 0 fully saturated rings. The van der Waals surface area contributed by atoms with Crippen molar-refractivity contribution < 1.29 is 17.9 Å². The smallest absolute Gasteiger partial charge is 0.250 e. The van der Waals surface area contributed by atoms with E-state index in [1.165, 1.54) is 0 Å². The number of sulfonamides is 1. The highest BCUT2D eigenvalue weighted by Gasteiger charge is 2.22. The van der Waals surface area contributed by atoms with Gasteiger partial charge in [0.1, 0.15) is 15.7 Å². The van der Waals surface area contributed by atoms with Crippen LogP contribution in [0.1, 0.15) is 18.5 Å². The summed E-state index contributed by atoms with van der Waals surface area (Å²) in [4.78, 5) is 0. The van der Waals surface area contributed by atoms with Gasteiger partial charge in [-0.1, -0.05) is 0 Å². The van der Waals surface area contributed by atoms with Gasteiger partial charge in [-0.25, -0.2) is 13.1 Å². The fourth-order valence-corrected chi connectivity index (χ4v) is 5.22. The maximum atomic E-state index is 12.4. The molecule has 0 aliphatic carbocycles. The van der Waals surface area contributed by atoms with Crippen LogP contribution in [0, 0.1) is 0 Å². The van der Waals surface area contributed by atoms with Crippen LogP contribution < -0.4 is 14.2 Å². The first-order chi connectivity index (χ1) is 10.4. The summed E-state index contributed by atoms with van der Waals surface area (Å²) < 4.78 is 38.9. The predicted molar refractivity (Wildman–Crippen MR) is 90.3 cm³/mol. The molecule has 0 aliphatic heterocycles. The van der Waals surface area contributed by atoms with E-state index in [0.717, 1.165) is 15.1 Å². The fourth-order valence-electron chi connectivity index (χ4n) is 1.97. The van der Waals surface area contributed by atoms with E-state index in [4.69, 9.17) is 9.47 Å². The molecule has 1 aromatic heterocycles. The third-order valence-electron chi connectivity index (χ3n) is 3.05. The van der Waals surface area contributed by atoms with Crippen LogP contribution in [0.3, 0.4) is 0 Å². The number of thiophene rings is 1. The molecule has 0 aliphatic rings. The Bertz CT molecular complexity index is 758. The Morgan fingerprint density at radius 2 is 1.91 bits per heavy atom. The zero-order valence-corrected chi connectivity index (χ0v) is 15.5. The molecule has 0 unspecified atom stereocenters. The third-order valence-corrected chi connectivity index (χ3v) is 6.70. The van der Waals surface area contributed by atoms with Crippen LogP contribution in [0.25, 0.3) is 0 Å². The first-order valence-electron chi connectivity index (χ1n) is 6.37. The van der Waals surface area contributed by atoms with Crippen molar-refractivity contribution >= 4 is 37.3 Å². The van der Waals surface area contributed by atoms with Gasteiger partial charge in [-0.3, -0.25) is 0 Å². The summed E-state index contributed by atoms with van der Waals surface area (Å²) in [5.41, 5.74) is 0.709. The molecule has 0 saturated carbocycles. The van der Waals surface area contributed by atoms with Crippen molar-refractivity contribution in [3.05, 3.63) is 39.7 Å². The van der Waals surface area contributed by atoms with Crippen LogP contribution in [-0.4, -0.2) is 22.6 Å². The zero-order valence-electron chi connectivity index (χ0n) is 12.3. The van der Waals surface area contributed by atoms with Gasteiger partial charge in [0.25, 0.3) is 10.0 Å². The lowest BCUT2D eigenvalue weighted by Gasteiger charge is -2.17. The molecule has 1 atom stereocenters. The number of halogens is 1. The van der Waals surface area contributed by atoms with Gasteiger partial charge in [0, 0.05) is 11.6 Å². The topological polar surface area (TPSA) is 64.6 Å². The number of hydrogen-bond acceptors (Lipinski definition) is 5. The lowest BCUT2D eigenvalue weighted by Crippen LogP contribution is -2.26. The Labute approximate surface area is 142 Å². The van der Waals surface area contributed by atoms with Crippen LogP contribution in [-0.2, 0) is 10.0 Å². The van der Waals surface area contributed by atoms with Crippen LogP contribution >= 0.6 is 27.3 Å². The molecule has 22 heavy (non-hydrogen) atoms. The number of nitrogens with one attached hydrogen (secondary N) is 1. The first-order valence-corrected chi connectivity index (χ1v) is 9.46. The number of methoxy groups -OCH3 is 2. The summed E-state index contributed by atoms with van der Waals surface area (Å²) in [6, 6.07) is 8.08. The average Bonchev–Trinajstić information content (AvgIpc) is 2.93. The lowest BCUT2D eigenvalue weighted by atomic mass is 10.1. The molecule has 0 amide bonds. The second-order valence-electron chi connectivity index (χ2n) is 4.51. The maximum Gasteiger partial charge on any atom is 0.250 e. The molecule has 5 nitrogen and oxygen atoms in total. The van der Waals surface area contributed by atoms with E-state index in [2.05, 4.69) is 20.7 Å². The molecule has 1 heterocycles. The van der Waals surface area contributed by atoms with E-state index in [1.807, 2.05) is 0 Å². The first kappa shape index (κ1) is 17.3. The number of benzene rings is 1. The summed E-state index contributed by atoms with van der Waals surface area (Å²) in [6.07, 6.45) is 0. The molecular formula is C14H16BrNO4S2. The highest BCUT2D eigenvalue weighted by atomic mass is 79.9. The lowest BCUT2D eigenvalue weighted by molar-refractivity contribution is 0.395. The van der Waals surface area contributed by atoms with E-state index in [1.54, 1.807) is 51.5 Å². The molecule has 0 spiro atoms. The SMILES string of the molecule is COc1ccc(OC)c([C@H](C)NS(=O)(=O)c2ccc(Br)s2)c1. The largest absolute Gasteiger partial charge is 0.497 e. The van der Waals surface area contributed by atoms with Crippen LogP contribution in [0.2, 0.25) is 0 Å². The van der Waals surface area contributed by atoms with Crippen molar-refractivity contribution in [2.24, 2.45) is 0 Å². The van der Waals surface area contributed by atoms with Crippen LogP contribution in [0.4, 0.5) is 0 Å². The minimum absolute atomic E-state index is 0.257. The highest BCUT2D eigenvalue weighted by Crippen LogP contribution is 2.31. The third kappa shape index (κ3) is 3.81. The van der Waals surface area contributed by atoms with E-state index < -0.39 is 16.1 Å². The monoisotopic (exact) mass is 405 g/mol. The second-order valence-corrected chi connectivity index (χ2v) is 8.91. The number of hydrogen-bond donors (Lipinski definition) is 1. The van der Waals surface area contributed by atoms with Gasteiger partial charge >= 0.3 is 0 Å². The highest BCUT2D eigenvalue weighted by molar-refractivity contribution is 9.11. The Kier molecular flexibility index (Phi) is 5.49. The Balaban J connectivity index is 2.30. The molecule has 0 bridgehead atoms. The molecular weight excluding hydrogens is 390 g/mol. The quantitative estimate of drug-likeness (QED) is 0.797. The molecule has 2 aromatic rings. The Morgan fingerprint density at radius 1 is 1.18 bits per heavy atom. The molecule has 0 saturated heterocycles. The van der Waals surface area contributed by atoms with Gasteiger partial charge in [-0.2, -0.15) is 0 Å².